The van der Waals surface area contributed by atoms with Crippen LogP contribution in [0.3, 0.4) is 0 Å². The molecule has 0 N–H and O–H groups in total. The number of para-hydroxylation sites is 2. The van der Waals surface area contributed by atoms with Gasteiger partial charge in [-0.05, 0) is 71.9 Å². The van der Waals surface area contributed by atoms with Gasteiger partial charge in [-0.15, -0.1) is 0 Å². The molecule has 0 aliphatic heterocycles. The minimum Gasteiger partial charge on any atom is -0.453 e. The standard InChI is InChI=1S/C42H30O2P2/c1-5-17-31(18-6-1)45(32-19-7-2-8-20-32)39-29-15-27-37-41(39)42-38(44-36-26-14-13-25-35(36)43-37)28-16-30-40(42)46(33-21-9-3-10-22-33)34-23-11-4-12-24-34/h1-30H. The van der Waals surface area contributed by atoms with E-state index >= 15 is 0 Å². The fourth-order valence-corrected chi connectivity index (χ4v) is 11.1. The van der Waals surface area contributed by atoms with Crippen LogP contribution < -0.4 is 31.8 Å². The zero-order valence-corrected chi connectivity index (χ0v) is 26.8. The third-order valence-corrected chi connectivity index (χ3v) is 13.1. The van der Waals surface area contributed by atoms with E-state index in [-0.39, 0.29) is 0 Å². The topological polar surface area (TPSA) is 26.3 Å². The number of fused-ring (bicyclic) bond motifs is 4. The Labute approximate surface area is 270 Å². The monoisotopic (exact) mass is 628 g/mol. The lowest BCUT2D eigenvalue weighted by molar-refractivity contribution is 0.619. The first-order valence-corrected chi connectivity index (χ1v) is 18.0. The average Bonchev–Trinajstić information content (AvgIpc) is 3.11. The van der Waals surface area contributed by atoms with E-state index in [0.29, 0.717) is 11.2 Å². The van der Waals surface area contributed by atoms with Crippen LogP contribution in [0.2, 0.25) is 0 Å². The molecule has 0 amide bonds. The van der Waals surface area contributed by atoms with Gasteiger partial charge in [-0.3, -0.25) is 0 Å². The first-order valence-electron chi connectivity index (χ1n) is 15.4. The summed E-state index contributed by atoms with van der Waals surface area (Å²) in [6.45, 7) is 0. The van der Waals surface area contributed by atoms with Crippen molar-refractivity contribution < 1.29 is 8.83 Å². The molecule has 0 saturated heterocycles. The molecule has 8 aromatic rings. The van der Waals surface area contributed by atoms with Gasteiger partial charge in [-0.1, -0.05) is 158 Å². The molecule has 220 valence electrons. The number of rotatable bonds is 6. The molecule has 0 aliphatic carbocycles. The normalized spacial score (nSPS) is 11.4. The Kier molecular flexibility index (Phi) is 7.91. The second-order valence-electron chi connectivity index (χ2n) is 11.0. The fraction of sp³-hybridized carbons (Fsp3) is 0. The van der Waals surface area contributed by atoms with Crippen LogP contribution in [0.1, 0.15) is 0 Å². The third kappa shape index (κ3) is 5.41. The highest BCUT2D eigenvalue weighted by molar-refractivity contribution is 7.81. The van der Waals surface area contributed by atoms with Crippen molar-refractivity contribution in [3.63, 3.8) is 0 Å². The highest BCUT2D eigenvalue weighted by atomic mass is 31.1. The molecular formula is C42H30O2P2. The lowest BCUT2D eigenvalue weighted by atomic mass is 10.1. The van der Waals surface area contributed by atoms with Crippen molar-refractivity contribution in [1.82, 2.24) is 0 Å². The third-order valence-electron chi connectivity index (χ3n) is 8.09. The Morgan fingerprint density at radius 1 is 0.261 bits per heavy atom. The second-order valence-corrected chi connectivity index (χ2v) is 15.3. The van der Waals surface area contributed by atoms with E-state index in [0.717, 1.165) is 21.9 Å². The molecule has 7 aromatic carbocycles. The van der Waals surface area contributed by atoms with Crippen LogP contribution in [0.5, 0.6) is 0 Å². The van der Waals surface area contributed by atoms with Gasteiger partial charge in [-0.2, -0.15) is 0 Å². The summed E-state index contributed by atoms with van der Waals surface area (Å²) in [7, 11) is -1.88. The van der Waals surface area contributed by atoms with Crippen LogP contribution >= 0.6 is 15.8 Å². The minimum absolute atomic E-state index is 0.703. The van der Waals surface area contributed by atoms with Gasteiger partial charge in [0.1, 0.15) is 11.2 Å². The summed E-state index contributed by atoms with van der Waals surface area (Å²) < 4.78 is 13.7. The van der Waals surface area contributed by atoms with E-state index in [2.05, 4.69) is 158 Å². The van der Waals surface area contributed by atoms with Gasteiger partial charge < -0.3 is 8.83 Å². The van der Waals surface area contributed by atoms with E-state index in [4.69, 9.17) is 8.83 Å². The number of benzene rings is 7. The SMILES string of the molecule is c1ccc(P(c2ccccc2)c2cccc3oc4ccccc4oc4cccc(P(c5ccccc5)c5ccccc5)c4c23)cc1. The quantitative estimate of drug-likeness (QED) is 0.172. The number of hydrogen-bond donors (Lipinski definition) is 0. The first kappa shape index (κ1) is 28.5. The molecule has 0 radical (unpaired) electrons. The van der Waals surface area contributed by atoms with E-state index in [1.807, 2.05) is 24.3 Å². The summed E-state index contributed by atoms with van der Waals surface area (Å²) in [6, 6.07) is 64.5. The summed E-state index contributed by atoms with van der Waals surface area (Å²) in [5, 5.41) is 9.78. The zero-order valence-electron chi connectivity index (χ0n) is 25.0. The van der Waals surface area contributed by atoms with E-state index in [1.165, 1.54) is 31.8 Å². The molecule has 0 saturated carbocycles. The molecule has 1 heterocycles. The molecule has 46 heavy (non-hydrogen) atoms. The lowest BCUT2D eigenvalue weighted by Crippen LogP contribution is -2.24. The fourth-order valence-electron chi connectivity index (χ4n) is 6.10. The van der Waals surface area contributed by atoms with Crippen molar-refractivity contribution in [2.45, 2.75) is 0 Å². The predicted molar refractivity (Wildman–Crippen MR) is 199 cm³/mol. The Hall–Kier alpha value is -5.00. The van der Waals surface area contributed by atoms with Crippen LogP contribution in [0.15, 0.2) is 191 Å². The summed E-state index contributed by atoms with van der Waals surface area (Å²) in [6.07, 6.45) is 0. The molecule has 1 aromatic heterocycles. The zero-order chi connectivity index (χ0) is 30.7. The van der Waals surface area contributed by atoms with Gasteiger partial charge in [0.25, 0.3) is 0 Å². The Morgan fingerprint density at radius 2 is 0.543 bits per heavy atom. The molecule has 2 nitrogen and oxygen atoms in total. The maximum atomic E-state index is 6.84. The highest BCUT2D eigenvalue weighted by Crippen LogP contribution is 2.41. The number of hydrogen-bond acceptors (Lipinski definition) is 2. The summed E-state index contributed by atoms with van der Waals surface area (Å²) in [5.74, 6) is 0. The second kappa shape index (κ2) is 12.8. The van der Waals surface area contributed by atoms with E-state index < -0.39 is 15.8 Å². The van der Waals surface area contributed by atoms with Crippen LogP contribution in [-0.2, 0) is 0 Å². The molecule has 0 unspecified atom stereocenters. The Balaban J connectivity index is 1.58. The van der Waals surface area contributed by atoms with Crippen molar-refractivity contribution >= 4 is 80.8 Å². The maximum Gasteiger partial charge on any atom is 0.169 e. The molecule has 0 fully saturated rings. The van der Waals surface area contributed by atoms with Crippen molar-refractivity contribution in [3.05, 3.63) is 182 Å². The van der Waals surface area contributed by atoms with Crippen LogP contribution in [0.25, 0.3) is 33.1 Å². The van der Waals surface area contributed by atoms with Crippen molar-refractivity contribution in [2.24, 2.45) is 0 Å². The summed E-state index contributed by atoms with van der Waals surface area (Å²) in [4.78, 5) is 0. The maximum absolute atomic E-state index is 6.84. The lowest BCUT2D eigenvalue weighted by Gasteiger charge is -2.24. The molecular weight excluding hydrogens is 598 g/mol. The van der Waals surface area contributed by atoms with Gasteiger partial charge in [0.2, 0.25) is 0 Å². The largest absolute Gasteiger partial charge is 0.453 e. The van der Waals surface area contributed by atoms with Crippen molar-refractivity contribution in [3.8, 4) is 0 Å². The Bertz CT molecular complexity index is 2070. The smallest absolute Gasteiger partial charge is 0.169 e. The molecule has 8 rings (SSSR count). The van der Waals surface area contributed by atoms with Crippen molar-refractivity contribution in [2.75, 3.05) is 0 Å². The van der Waals surface area contributed by atoms with Crippen LogP contribution in [-0.4, -0.2) is 0 Å². The molecule has 4 heteroatoms. The minimum atomic E-state index is -0.941. The summed E-state index contributed by atoms with van der Waals surface area (Å²) in [5.41, 5.74) is 3.07. The van der Waals surface area contributed by atoms with Crippen LogP contribution in [0, 0.1) is 0 Å². The Morgan fingerprint density at radius 3 is 0.870 bits per heavy atom. The predicted octanol–water partition coefficient (Wildman–Crippen LogP) is 8.97. The van der Waals surface area contributed by atoms with Gasteiger partial charge >= 0.3 is 0 Å². The van der Waals surface area contributed by atoms with Crippen molar-refractivity contribution in [1.29, 1.82) is 0 Å². The molecule has 0 aliphatic rings. The highest BCUT2D eigenvalue weighted by Gasteiger charge is 2.25. The van der Waals surface area contributed by atoms with Gasteiger partial charge in [0.15, 0.2) is 11.2 Å². The van der Waals surface area contributed by atoms with Gasteiger partial charge in [-0.25, -0.2) is 0 Å². The van der Waals surface area contributed by atoms with Gasteiger partial charge in [0.05, 0.1) is 0 Å². The van der Waals surface area contributed by atoms with Gasteiger partial charge in [0, 0.05) is 10.8 Å². The average molecular weight is 629 g/mol. The molecule has 0 bridgehead atoms. The van der Waals surface area contributed by atoms with E-state index in [9.17, 15) is 0 Å². The first-order chi connectivity index (χ1) is 22.8. The summed E-state index contributed by atoms with van der Waals surface area (Å²) >= 11 is 0. The van der Waals surface area contributed by atoms with Crippen LogP contribution in [0.4, 0.5) is 0 Å². The molecule has 0 spiro atoms. The van der Waals surface area contributed by atoms with E-state index in [1.54, 1.807) is 0 Å². The molecule has 0 atom stereocenters.